The van der Waals surface area contributed by atoms with Crippen LogP contribution in [0.5, 0.6) is 0 Å². The lowest BCUT2D eigenvalue weighted by atomic mass is 9.94. The van der Waals surface area contributed by atoms with Gasteiger partial charge in [0.25, 0.3) is 0 Å². The van der Waals surface area contributed by atoms with Gasteiger partial charge in [0.1, 0.15) is 0 Å². The molecule has 0 bridgehead atoms. The summed E-state index contributed by atoms with van der Waals surface area (Å²) < 4.78 is 0. The fraction of sp³-hybridized carbons (Fsp3) is 0.733. The van der Waals surface area contributed by atoms with Crippen LogP contribution < -0.4 is 5.73 Å². The number of nitrogens with two attached hydrogens (primary N) is 1. The highest BCUT2D eigenvalue weighted by atomic mass is 32.1. The summed E-state index contributed by atoms with van der Waals surface area (Å²) >= 11 is 1.84. The largest absolute Gasteiger partial charge is 0.330 e. The van der Waals surface area contributed by atoms with Crippen molar-refractivity contribution in [3.8, 4) is 0 Å². The zero-order valence-electron chi connectivity index (χ0n) is 12.2. The Morgan fingerprint density at radius 2 is 2.06 bits per heavy atom. The van der Waals surface area contributed by atoms with E-state index in [0.717, 1.165) is 19.0 Å². The molecule has 0 spiro atoms. The van der Waals surface area contributed by atoms with Gasteiger partial charge in [-0.3, -0.25) is 4.90 Å². The SMILES string of the molecule is CC(C)CC(CN)CCN(C)C(C)c1cccs1. The van der Waals surface area contributed by atoms with E-state index in [-0.39, 0.29) is 0 Å². The summed E-state index contributed by atoms with van der Waals surface area (Å²) in [6, 6.07) is 4.87. The average Bonchev–Trinajstić information content (AvgIpc) is 2.86. The fourth-order valence-corrected chi connectivity index (χ4v) is 3.17. The molecule has 0 fully saturated rings. The Bertz CT molecular complexity index is 308. The Balaban J connectivity index is 2.37. The summed E-state index contributed by atoms with van der Waals surface area (Å²) in [6.45, 7) is 8.79. The van der Waals surface area contributed by atoms with E-state index < -0.39 is 0 Å². The molecule has 0 saturated carbocycles. The fourth-order valence-electron chi connectivity index (χ4n) is 2.32. The van der Waals surface area contributed by atoms with Crippen molar-refractivity contribution in [2.75, 3.05) is 20.1 Å². The molecule has 2 atom stereocenters. The minimum absolute atomic E-state index is 0.516. The van der Waals surface area contributed by atoms with Crippen LogP contribution in [0.2, 0.25) is 0 Å². The molecule has 0 amide bonds. The van der Waals surface area contributed by atoms with Gasteiger partial charge in [0.2, 0.25) is 0 Å². The molecular weight excluding hydrogens is 240 g/mol. The third kappa shape index (κ3) is 5.09. The van der Waals surface area contributed by atoms with Crippen LogP contribution >= 0.6 is 11.3 Å². The highest BCUT2D eigenvalue weighted by molar-refractivity contribution is 7.10. The molecule has 2 unspecified atom stereocenters. The summed E-state index contributed by atoms with van der Waals surface area (Å²) in [6.07, 6.45) is 2.46. The summed E-state index contributed by atoms with van der Waals surface area (Å²) in [4.78, 5) is 3.89. The second kappa shape index (κ2) is 7.93. The third-order valence-corrected chi connectivity index (χ3v) is 4.69. The van der Waals surface area contributed by atoms with Gasteiger partial charge in [0.15, 0.2) is 0 Å². The molecule has 1 aromatic heterocycles. The Morgan fingerprint density at radius 3 is 2.56 bits per heavy atom. The molecule has 2 N–H and O–H groups in total. The molecule has 0 aliphatic heterocycles. The van der Waals surface area contributed by atoms with Crippen LogP contribution in [-0.2, 0) is 0 Å². The lowest BCUT2D eigenvalue weighted by Crippen LogP contribution is -2.27. The second-order valence-electron chi connectivity index (χ2n) is 5.69. The zero-order chi connectivity index (χ0) is 13.5. The van der Waals surface area contributed by atoms with Crippen molar-refractivity contribution in [2.24, 2.45) is 17.6 Å². The van der Waals surface area contributed by atoms with Crippen molar-refractivity contribution in [1.29, 1.82) is 0 Å². The minimum atomic E-state index is 0.516. The van der Waals surface area contributed by atoms with Crippen molar-refractivity contribution in [3.63, 3.8) is 0 Å². The monoisotopic (exact) mass is 268 g/mol. The average molecular weight is 268 g/mol. The van der Waals surface area contributed by atoms with Crippen LogP contribution in [0.25, 0.3) is 0 Å². The maximum atomic E-state index is 5.86. The van der Waals surface area contributed by atoms with Crippen LogP contribution in [0, 0.1) is 11.8 Å². The molecular formula is C15H28N2S. The first-order valence-corrected chi connectivity index (χ1v) is 7.86. The van der Waals surface area contributed by atoms with Crippen LogP contribution in [0.1, 0.15) is 44.5 Å². The van der Waals surface area contributed by atoms with Crippen LogP contribution in [0.4, 0.5) is 0 Å². The molecule has 0 aromatic carbocycles. The Labute approximate surface area is 116 Å². The van der Waals surface area contributed by atoms with E-state index in [1.165, 1.54) is 17.7 Å². The molecule has 1 aromatic rings. The van der Waals surface area contributed by atoms with Gasteiger partial charge in [-0.25, -0.2) is 0 Å². The van der Waals surface area contributed by atoms with E-state index in [2.05, 4.69) is 50.2 Å². The Morgan fingerprint density at radius 1 is 1.33 bits per heavy atom. The van der Waals surface area contributed by atoms with Gasteiger partial charge >= 0.3 is 0 Å². The van der Waals surface area contributed by atoms with Gasteiger partial charge in [0.05, 0.1) is 0 Å². The standard InChI is InChI=1S/C15H28N2S/c1-12(2)10-14(11-16)7-8-17(4)13(3)15-6-5-9-18-15/h5-6,9,12-14H,7-8,10-11,16H2,1-4H3. The lowest BCUT2D eigenvalue weighted by molar-refractivity contribution is 0.235. The van der Waals surface area contributed by atoms with Crippen LogP contribution in [0.15, 0.2) is 17.5 Å². The molecule has 2 nitrogen and oxygen atoms in total. The molecule has 104 valence electrons. The number of thiophene rings is 1. The molecule has 0 aliphatic rings. The van der Waals surface area contributed by atoms with Crippen molar-refractivity contribution in [1.82, 2.24) is 4.90 Å². The Hall–Kier alpha value is -0.380. The van der Waals surface area contributed by atoms with Crippen LogP contribution in [0.3, 0.4) is 0 Å². The van der Waals surface area contributed by atoms with Gasteiger partial charge in [-0.1, -0.05) is 19.9 Å². The smallest absolute Gasteiger partial charge is 0.0410 e. The molecule has 0 aliphatic carbocycles. The first-order chi connectivity index (χ1) is 8.54. The van der Waals surface area contributed by atoms with Crippen molar-refractivity contribution < 1.29 is 0 Å². The Kier molecular flexibility index (Phi) is 6.90. The quantitative estimate of drug-likeness (QED) is 0.778. The second-order valence-corrected chi connectivity index (χ2v) is 6.67. The predicted octanol–water partition coefficient (Wildman–Crippen LogP) is 3.75. The van der Waals surface area contributed by atoms with Crippen molar-refractivity contribution in [3.05, 3.63) is 22.4 Å². The van der Waals surface area contributed by atoms with E-state index in [4.69, 9.17) is 5.73 Å². The van der Waals surface area contributed by atoms with Gasteiger partial charge in [0, 0.05) is 10.9 Å². The number of rotatable bonds is 8. The predicted molar refractivity (Wildman–Crippen MR) is 82.0 cm³/mol. The molecule has 18 heavy (non-hydrogen) atoms. The highest BCUT2D eigenvalue weighted by Crippen LogP contribution is 2.24. The normalized spacial score (nSPS) is 15.3. The molecule has 0 radical (unpaired) electrons. The van der Waals surface area contributed by atoms with Gasteiger partial charge < -0.3 is 5.73 Å². The molecule has 1 heterocycles. The van der Waals surface area contributed by atoms with Crippen molar-refractivity contribution >= 4 is 11.3 Å². The summed E-state index contributed by atoms with van der Waals surface area (Å²) in [7, 11) is 2.22. The first kappa shape index (κ1) is 15.7. The van der Waals surface area contributed by atoms with Gasteiger partial charge in [-0.15, -0.1) is 11.3 Å². The summed E-state index contributed by atoms with van der Waals surface area (Å²) in [5.74, 6) is 1.42. The molecule has 1 rings (SSSR count). The van der Waals surface area contributed by atoms with E-state index in [0.29, 0.717) is 12.0 Å². The summed E-state index contributed by atoms with van der Waals surface area (Å²) in [5, 5.41) is 2.15. The van der Waals surface area contributed by atoms with E-state index in [1.54, 1.807) is 0 Å². The maximum Gasteiger partial charge on any atom is 0.0410 e. The van der Waals surface area contributed by atoms with E-state index in [1.807, 2.05) is 11.3 Å². The van der Waals surface area contributed by atoms with E-state index in [9.17, 15) is 0 Å². The number of nitrogens with zero attached hydrogens (tertiary/aromatic N) is 1. The van der Waals surface area contributed by atoms with E-state index >= 15 is 0 Å². The number of hydrogen-bond acceptors (Lipinski definition) is 3. The zero-order valence-corrected chi connectivity index (χ0v) is 13.0. The molecule has 0 saturated heterocycles. The number of hydrogen-bond donors (Lipinski definition) is 1. The summed E-state index contributed by atoms with van der Waals surface area (Å²) in [5.41, 5.74) is 5.86. The van der Waals surface area contributed by atoms with Gasteiger partial charge in [-0.05, 0) is 63.2 Å². The highest BCUT2D eigenvalue weighted by Gasteiger charge is 2.15. The first-order valence-electron chi connectivity index (χ1n) is 6.98. The molecule has 3 heteroatoms. The van der Waals surface area contributed by atoms with Gasteiger partial charge in [-0.2, -0.15) is 0 Å². The van der Waals surface area contributed by atoms with Crippen molar-refractivity contribution in [2.45, 2.75) is 39.7 Å². The van der Waals surface area contributed by atoms with Crippen LogP contribution in [-0.4, -0.2) is 25.0 Å². The minimum Gasteiger partial charge on any atom is -0.330 e. The lowest BCUT2D eigenvalue weighted by Gasteiger charge is -2.26. The third-order valence-electron chi connectivity index (χ3n) is 3.64. The maximum absolute atomic E-state index is 5.86. The topological polar surface area (TPSA) is 29.3 Å².